The van der Waals surface area contributed by atoms with Crippen molar-refractivity contribution in [3.8, 4) is 0 Å². The van der Waals surface area contributed by atoms with Gasteiger partial charge in [0.2, 0.25) is 5.01 Å². The second-order valence-corrected chi connectivity index (χ2v) is 5.81. The van der Waals surface area contributed by atoms with Crippen LogP contribution in [0.25, 0.3) is 0 Å². The van der Waals surface area contributed by atoms with Gasteiger partial charge in [-0.3, -0.25) is 0 Å². The molecule has 0 atom stereocenters. The van der Waals surface area contributed by atoms with Gasteiger partial charge in [-0.1, -0.05) is 40.8 Å². The van der Waals surface area contributed by atoms with Crippen LogP contribution in [-0.4, -0.2) is 22.8 Å². The molecule has 0 unspecified atom stereocenters. The molecule has 0 saturated heterocycles. The quantitative estimate of drug-likeness (QED) is 0.805. The average Bonchev–Trinajstić information content (AvgIpc) is 2.78. The van der Waals surface area contributed by atoms with E-state index in [4.69, 9.17) is 4.74 Å². The van der Waals surface area contributed by atoms with Gasteiger partial charge in [0.15, 0.2) is 4.34 Å². The summed E-state index contributed by atoms with van der Waals surface area (Å²) in [5, 5.41) is 8.10. The highest BCUT2D eigenvalue weighted by molar-refractivity contribution is 8.01. The zero-order chi connectivity index (χ0) is 13.0. The number of carbonyl (C=O) groups excluding carboxylic acids is 1. The fourth-order valence-electron chi connectivity index (χ4n) is 1.31. The Balaban J connectivity index is 2.09. The van der Waals surface area contributed by atoms with Gasteiger partial charge in [-0.25, -0.2) is 4.79 Å². The summed E-state index contributed by atoms with van der Waals surface area (Å²) in [4.78, 5) is 12.5. The number of hydrogen-bond acceptors (Lipinski definition) is 6. The molecule has 4 nitrogen and oxygen atoms in total. The fraction of sp³-hybridized carbons (Fsp3) is 0.250. The second-order valence-electron chi connectivity index (χ2n) is 3.51. The standard InChI is InChI=1S/C12H12N2O2S2/c1-3-16-11(15)10-13-14-12(18-10)17-9-6-4-5-8(2)7-9/h4-7H,3H2,1-2H3. The molecule has 0 saturated carbocycles. The molecule has 0 fully saturated rings. The van der Waals surface area contributed by atoms with Crippen molar-refractivity contribution in [3.05, 3.63) is 34.8 Å². The summed E-state index contributed by atoms with van der Waals surface area (Å²) in [6, 6.07) is 8.10. The average molecular weight is 280 g/mol. The van der Waals surface area contributed by atoms with E-state index in [1.54, 1.807) is 6.92 Å². The Kier molecular flexibility index (Phi) is 4.33. The lowest BCUT2D eigenvalue weighted by atomic mass is 10.2. The van der Waals surface area contributed by atoms with Crippen LogP contribution in [0.15, 0.2) is 33.5 Å². The Morgan fingerprint density at radius 1 is 1.44 bits per heavy atom. The molecule has 0 aliphatic carbocycles. The van der Waals surface area contributed by atoms with Gasteiger partial charge in [0.05, 0.1) is 6.61 Å². The van der Waals surface area contributed by atoms with E-state index in [0.29, 0.717) is 11.6 Å². The van der Waals surface area contributed by atoms with Gasteiger partial charge in [-0.15, -0.1) is 10.2 Å². The first-order chi connectivity index (χ1) is 8.69. The Bertz CT molecular complexity index is 555. The molecule has 0 spiro atoms. The maximum absolute atomic E-state index is 11.4. The van der Waals surface area contributed by atoms with Crippen LogP contribution in [0, 0.1) is 6.92 Å². The molecular formula is C12H12N2O2S2. The largest absolute Gasteiger partial charge is 0.461 e. The lowest BCUT2D eigenvalue weighted by Crippen LogP contribution is -2.03. The monoisotopic (exact) mass is 280 g/mol. The van der Waals surface area contributed by atoms with E-state index in [1.165, 1.54) is 28.7 Å². The van der Waals surface area contributed by atoms with Crippen LogP contribution in [0.4, 0.5) is 0 Å². The fourth-order valence-corrected chi connectivity index (χ4v) is 3.14. The molecule has 0 amide bonds. The third kappa shape index (κ3) is 3.30. The number of hydrogen-bond donors (Lipinski definition) is 0. The molecular weight excluding hydrogens is 268 g/mol. The lowest BCUT2D eigenvalue weighted by molar-refractivity contribution is 0.0525. The summed E-state index contributed by atoms with van der Waals surface area (Å²) in [5.41, 5.74) is 1.19. The number of rotatable bonds is 4. The normalized spacial score (nSPS) is 10.3. The number of esters is 1. The molecule has 2 rings (SSSR count). The highest BCUT2D eigenvalue weighted by Crippen LogP contribution is 2.30. The minimum absolute atomic E-state index is 0.298. The van der Waals surface area contributed by atoms with Crippen molar-refractivity contribution in [2.75, 3.05) is 6.61 Å². The molecule has 0 bridgehead atoms. The van der Waals surface area contributed by atoms with Gasteiger partial charge in [0.25, 0.3) is 0 Å². The highest BCUT2D eigenvalue weighted by Gasteiger charge is 2.14. The molecule has 94 valence electrons. The summed E-state index contributed by atoms with van der Waals surface area (Å²) < 4.78 is 5.61. The third-order valence-electron chi connectivity index (χ3n) is 2.05. The van der Waals surface area contributed by atoms with Crippen molar-refractivity contribution in [2.24, 2.45) is 0 Å². The van der Waals surface area contributed by atoms with E-state index in [0.717, 1.165) is 9.24 Å². The summed E-state index contributed by atoms with van der Waals surface area (Å²) in [6.07, 6.45) is 0. The highest BCUT2D eigenvalue weighted by atomic mass is 32.2. The van der Waals surface area contributed by atoms with Gasteiger partial charge in [-0.2, -0.15) is 0 Å². The first-order valence-electron chi connectivity index (χ1n) is 5.44. The number of carbonyl (C=O) groups is 1. The Labute approximate surface area is 113 Å². The van der Waals surface area contributed by atoms with E-state index >= 15 is 0 Å². The van der Waals surface area contributed by atoms with Crippen LogP contribution < -0.4 is 0 Å². The number of aryl methyl sites for hydroxylation is 1. The van der Waals surface area contributed by atoms with Gasteiger partial charge in [0.1, 0.15) is 0 Å². The number of aromatic nitrogens is 2. The maximum Gasteiger partial charge on any atom is 0.369 e. The molecule has 0 aliphatic rings. The van der Waals surface area contributed by atoms with E-state index in [9.17, 15) is 4.79 Å². The van der Waals surface area contributed by atoms with Crippen molar-refractivity contribution in [2.45, 2.75) is 23.1 Å². The summed E-state index contributed by atoms with van der Waals surface area (Å²) in [5.74, 6) is -0.411. The van der Waals surface area contributed by atoms with Crippen LogP contribution in [0.5, 0.6) is 0 Å². The topological polar surface area (TPSA) is 52.1 Å². The summed E-state index contributed by atoms with van der Waals surface area (Å²) >= 11 is 2.74. The zero-order valence-corrected chi connectivity index (χ0v) is 11.7. The number of nitrogens with zero attached hydrogens (tertiary/aromatic N) is 2. The number of ether oxygens (including phenoxy) is 1. The van der Waals surface area contributed by atoms with E-state index < -0.39 is 5.97 Å². The zero-order valence-electron chi connectivity index (χ0n) is 10.0. The van der Waals surface area contributed by atoms with Crippen LogP contribution in [0.2, 0.25) is 0 Å². The molecule has 1 aromatic heterocycles. The van der Waals surface area contributed by atoms with Crippen molar-refractivity contribution < 1.29 is 9.53 Å². The predicted molar refractivity (Wildman–Crippen MR) is 71.2 cm³/mol. The molecule has 0 radical (unpaired) electrons. The van der Waals surface area contributed by atoms with Crippen molar-refractivity contribution in [1.82, 2.24) is 10.2 Å². The van der Waals surface area contributed by atoms with E-state index in [1.807, 2.05) is 25.1 Å². The Hall–Kier alpha value is -1.40. The molecule has 6 heteroatoms. The van der Waals surface area contributed by atoms with E-state index in [2.05, 4.69) is 16.3 Å². The maximum atomic E-state index is 11.4. The van der Waals surface area contributed by atoms with E-state index in [-0.39, 0.29) is 0 Å². The minimum Gasteiger partial charge on any atom is -0.461 e. The molecule has 1 aromatic carbocycles. The summed E-state index contributed by atoms with van der Waals surface area (Å²) in [6.45, 7) is 4.15. The van der Waals surface area contributed by atoms with Gasteiger partial charge in [0, 0.05) is 4.90 Å². The molecule has 2 aromatic rings. The Morgan fingerprint density at radius 2 is 2.28 bits per heavy atom. The second kappa shape index (κ2) is 5.97. The van der Waals surface area contributed by atoms with Crippen LogP contribution in [0.1, 0.15) is 22.3 Å². The van der Waals surface area contributed by atoms with Crippen LogP contribution in [-0.2, 0) is 4.74 Å². The minimum atomic E-state index is -0.411. The van der Waals surface area contributed by atoms with Gasteiger partial charge in [-0.05, 0) is 26.0 Å². The van der Waals surface area contributed by atoms with Crippen LogP contribution in [0.3, 0.4) is 0 Å². The van der Waals surface area contributed by atoms with Gasteiger partial charge >= 0.3 is 5.97 Å². The molecule has 1 heterocycles. The number of benzene rings is 1. The smallest absolute Gasteiger partial charge is 0.369 e. The molecule has 0 N–H and O–H groups in total. The SMILES string of the molecule is CCOC(=O)c1nnc(Sc2cccc(C)c2)s1. The molecule has 0 aliphatic heterocycles. The van der Waals surface area contributed by atoms with Crippen molar-refractivity contribution in [3.63, 3.8) is 0 Å². The molecule has 18 heavy (non-hydrogen) atoms. The van der Waals surface area contributed by atoms with Crippen LogP contribution >= 0.6 is 23.1 Å². The first kappa shape index (κ1) is 13.0. The van der Waals surface area contributed by atoms with Crippen molar-refractivity contribution in [1.29, 1.82) is 0 Å². The third-order valence-corrected chi connectivity index (χ3v) is 4.00. The van der Waals surface area contributed by atoms with Crippen molar-refractivity contribution >= 4 is 29.1 Å². The summed E-state index contributed by atoms with van der Waals surface area (Å²) in [7, 11) is 0. The van der Waals surface area contributed by atoms with Gasteiger partial charge < -0.3 is 4.74 Å². The lowest BCUT2D eigenvalue weighted by Gasteiger charge is -1.97. The Morgan fingerprint density at radius 3 is 3.00 bits per heavy atom. The predicted octanol–water partition coefficient (Wildman–Crippen LogP) is 3.17. The first-order valence-corrected chi connectivity index (χ1v) is 7.07.